The zero-order chi connectivity index (χ0) is 18.3. The van der Waals surface area contributed by atoms with E-state index in [1.165, 1.54) is 0 Å². The third kappa shape index (κ3) is 2.55. The predicted octanol–water partition coefficient (Wildman–Crippen LogP) is 2.47. The Morgan fingerprint density at radius 3 is 2.81 bits per heavy atom. The minimum Gasteiger partial charge on any atom is -0.508 e. The number of carbonyl (C=O) groups excluding carboxylic acids is 2. The Hall–Kier alpha value is -2.82. The van der Waals surface area contributed by atoms with Gasteiger partial charge in [-0.15, -0.1) is 0 Å². The summed E-state index contributed by atoms with van der Waals surface area (Å²) in [6, 6.07) is 14.7. The summed E-state index contributed by atoms with van der Waals surface area (Å²) >= 11 is 0. The van der Waals surface area contributed by atoms with Crippen molar-refractivity contribution < 1.29 is 14.7 Å². The molecule has 134 valence electrons. The molecule has 2 aromatic carbocycles. The molecule has 2 aliphatic rings. The van der Waals surface area contributed by atoms with Crippen LogP contribution in [0.1, 0.15) is 24.0 Å². The molecular weight excluding hydrogens is 328 g/mol. The number of fused-ring (bicyclic) bond motifs is 2. The van der Waals surface area contributed by atoms with Crippen LogP contribution in [0.4, 0.5) is 5.69 Å². The molecule has 0 unspecified atom stereocenters. The number of likely N-dealkylation sites (N-methyl/N-ethyl adjacent to an activating group) is 1. The van der Waals surface area contributed by atoms with E-state index in [-0.39, 0.29) is 24.0 Å². The van der Waals surface area contributed by atoms with Crippen molar-refractivity contribution in [3.05, 3.63) is 59.7 Å². The molecular formula is C21H22N2O3. The number of carbonyl (C=O) groups is 2. The molecule has 0 saturated carbocycles. The summed E-state index contributed by atoms with van der Waals surface area (Å²) in [7, 11) is 1.81. The van der Waals surface area contributed by atoms with Crippen LogP contribution in [-0.4, -0.2) is 42.0 Å². The van der Waals surface area contributed by atoms with Gasteiger partial charge in [-0.25, -0.2) is 0 Å². The monoisotopic (exact) mass is 350 g/mol. The molecule has 2 heterocycles. The molecule has 26 heavy (non-hydrogen) atoms. The first-order valence-corrected chi connectivity index (χ1v) is 8.95. The fraction of sp³-hybridized carbons (Fsp3) is 0.333. The quantitative estimate of drug-likeness (QED) is 0.905. The molecule has 0 radical (unpaired) electrons. The number of likely N-dealkylation sites (tertiary alicyclic amines) is 1. The van der Waals surface area contributed by atoms with E-state index in [1.54, 1.807) is 28.0 Å². The van der Waals surface area contributed by atoms with Gasteiger partial charge in [0.15, 0.2) is 0 Å². The molecule has 2 aromatic rings. The van der Waals surface area contributed by atoms with E-state index in [9.17, 15) is 14.7 Å². The summed E-state index contributed by atoms with van der Waals surface area (Å²) in [6.07, 6.45) is 1.80. The first-order valence-electron chi connectivity index (χ1n) is 8.95. The molecule has 1 atom stereocenters. The van der Waals surface area contributed by atoms with Crippen molar-refractivity contribution in [1.29, 1.82) is 0 Å². The maximum Gasteiger partial charge on any atom is 0.239 e. The topological polar surface area (TPSA) is 60.9 Å². The summed E-state index contributed by atoms with van der Waals surface area (Å²) in [6.45, 7) is 1.09. The second-order valence-corrected chi connectivity index (χ2v) is 7.23. The number of rotatable bonds is 2. The maximum atomic E-state index is 13.1. The lowest BCUT2D eigenvalue weighted by Crippen LogP contribution is -2.53. The number of anilines is 1. The fourth-order valence-corrected chi connectivity index (χ4v) is 4.33. The Bertz CT molecular complexity index is 879. The maximum absolute atomic E-state index is 13.1. The van der Waals surface area contributed by atoms with E-state index in [0.29, 0.717) is 13.1 Å². The molecule has 5 nitrogen and oxygen atoms in total. The van der Waals surface area contributed by atoms with Crippen LogP contribution in [0, 0.1) is 0 Å². The highest BCUT2D eigenvalue weighted by Gasteiger charge is 2.52. The Balaban J connectivity index is 1.60. The largest absolute Gasteiger partial charge is 0.508 e. The molecule has 4 rings (SSSR count). The molecule has 1 fully saturated rings. The number of para-hydroxylation sites is 1. The number of hydrogen-bond donors (Lipinski definition) is 1. The molecule has 1 N–H and O–H groups in total. The van der Waals surface area contributed by atoms with Crippen LogP contribution < -0.4 is 4.90 Å². The van der Waals surface area contributed by atoms with Crippen LogP contribution >= 0.6 is 0 Å². The summed E-state index contributed by atoms with van der Waals surface area (Å²) in [5, 5.41) is 9.60. The smallest absolute Gasteiger partial charge is 0.239 e. The van der Waals surface area contributed by atoms with Gasteiger partial charge in [-0.2, -0.15) is 0 Å². The molecule has 5 heteroatoms. The third-order valence-corrected chi connectivity index (χ3v) is 5.61. The SMILES string of the molecule is CN1C(=O)[C@@]2(CCCN(C(=O)Cc3cccc(O)c3)C2)c2ccccc21. The standard InChI is InChI=1S/C21H22N2O3/c1-22-18-9-3-2-8-17(18)21(20(22)26)10-5-11-23(14-21)19(25)13-15-6-4-7-16(24)12-15/h2-4,6-9,12,24H,5,10-11,13-14H2,1H3/t21-/m1/s1. The number of hydrogen-bond acceptors (Lipinski definition) is 3. The number of piperidine rings is 1. The van der Waals surface area contributed by atoms with Crippen molar-refractivity contribution in [1.82, 2.24) is 4.90 Å². The van der Waals surface area contributed by atoms with Crippen molar-refractivity contribution in [3.63, 3.8) is 0 Å². The van der Waals surface area contributed by atoms with E-state index in [4.69, 9.17) is 0 Å². The van der Waals surface area contributed by atoms with Gasteiger partial charge in [0.1, 0.15) is 5.75 Å². The Kier molecular flexibility index (Phi) is 3.94. The summed E-state index contributed by atoms with van der Waals surface area (Å²) in [5.74, 6) is 0.231. The summed E-state index contributed by atoms with van der Waals surface area (Å²) in [4.78, 5) is 29.4. The molecule has 2 aliphatic heterocycles. The fourth-order valence-electron chi connectivity index (χ4n) is 4.33. The second kappa shape index (κ2) is 6.16. The van der Waals surface area contributed by atoms with E-state index in [0.717, 1.165) is 29.7 Å². The highest BCUT2D eigenvalue weighted by atomic mass is 16.3. The Morgan fingerprint density at radius 1 is 1.19 bits per heavy atom. The van der Waals surface area contributed by atoms with Crippen LogP contribution in [0.2, 0.25) is 0 Å². The average molecular weight is 350 g/mol. The number of nitrogens with zero attached hydrogens (tertiary/aromatic N) is 2. The molecule has 2 amide bonds. The Labute approximate surface area is 152 Å². The second-order valence-electron chi connectivity index (χ2n) is 7.23. The summed E-state index contributed by atoms with van der Waals surface area (Å²) < 4.78 is 0. The first kappa shape index (κ1) is 16.6. The number of phenols is 1. The van der Waals surface area contributed by atoms with Gasteiger partial charge in [-0.1, -0.05) is 30.3 Å². The number of benzene rings is 2. The van der Waals surface area contributed by atoms with Crippen LogP contribution in [0.15, 0.2) is 48.5 Å². The highest BCUT2D eigenvalue weighted by molar-refractivity contribution is 6.08. The molecule has 0 aliphatic carbocycles. The molecule has 0 aromatic heterocycles. The lowest BCUT2D eigenvalue weighted by molar-refractivity contribution is -0.135. The van der Waals surface area contributed by atoms with Crippen molar-refractivity contribution in [2.45, 2.75) is 24.7 Å². The van der Waals surface area contributed by atoms with Gasteiger partial charge in [0.25, 0.3) is 0 Å². The van der Waals surface area contributed by atoms with Gasteiger partial charge in [0, 0.05) is 25.8 Å². The van der Waals surface area contributed by atoms with Gasteiger partial charge in [0.05, 0.1) is 11.8 Å². The first-order chi connectivity index (χ1) is 12.5. The van der Waals surface area contributed by atoms with E-state index < -0.39 is 5.41 Å². The Morgan fingerprint density at radius 2 is 2.00 bits per heavy atom. The van der Waals surface area contributed by atoms with Crippen LogP contribution in [0.25, 0.3) is 0 Å². The molecule has 1 spiro atoms. The highest BCUT2D eigenvalue weighted by Crippen LogP contribution is 2.46. The van der Waals surface area contributed by atoms with E-state index in [2.05, 4.69) is 0 Å². The van der Waals surface area contributed by atoms with E-state index >= 15 is 0 Å². The molecule has 1 saturated heterocycles. The number of aromatic hydroxyl groups is 1. The minimum absolute atomic E-state index is 0.00508. The average Bonchev–Trinajstić information content (AvgIpc) is 2.85. The van der Waals surface area contributed by atoms with Crippen molar-refractivity contribution in [2.75, 3.05) is 25.0 Å². The third-order valence-electron chi connectivity index (χ3n) is 5.61. The van der Waals surface area contributed by atoms with Crippen LogP contribution in [0.5, 0.6) is 5.75 Å². The van der Waals surface area contributed by atoms with Crippen molar-refractivity contribution in [3.8, 4) is 5.75 Å². The van der Waals surface area contributed by atoms with Crippen LogP contribution in [0.3, 0.4) is 0 Å². The number of amides is 2. The lowest BCUT2D eigenvalue weighted by Gasteiger charge is -2.39. The van der Waals surface area contributed by atoms with Gasteiger partial charge >= 0.3 is 0 Å². The van der Waals surface area contributed by atoms with Gasteiger partial charge in [-0.05, 0) is 42.2 Å². The van der Waals surface area contributed by atoms with Crippen LogP contribution in [-0.2, 0) is 21.4 Å². The predicted molar refractivity (Wildman–Crippen MR) is 99.2 cm³/mol. The minimum atomic E-state index is -0.627. The lowest BCUT2D eigenvalue weighted by atomic mass is 9.75. The van der Waals surface area contributed by atoms with Gasteiger partial charge in [0.2, 0.25) is 11.8 Å². The van der Waals surface area contributed by atoms with Gasteiger partial charge in [-0.3, -0.25) is 9.59 Å². The summed E-state index contributed by atoms with van der Waals surface area (Å²) in [5.41, 5.74) is 2.13. The number of phenolic OH excluding ortho intramolecular Hbond substituents is 1. The van der Waals surface area contributed by atoms with Crippen molar-refractivity contribution >= 4 is 17.5 Å². The van der Waals surface area contributed by atoms with Gasteiger partial charge < -0.3 is 14.9 Å². The van der Waals surface area contributed by atoms with Crippen molar-refractivity contribution in [2.24, 2.45) is 0 Å². The molecule has 0 bridgehead atoms. The zero-order valence-electron chi connectivity index (χ0n) is 14.8. The zero-order valence-corrected chi connectivity index (χ0v) is 14.8. The normalized spacial score (nSPS) is 22.0. The van der Waals surface area contributed by atoms with E-state index in [1.807, 2.05) is 37.4 Å².